The summed E-state index contributed by atoms with van der Waals surface area (Å²) >= 11 is 0. The van der Waals surface area contributed by atoms with E-state index in [2.05, 4.69) is 11.9 Å². The zero-order valence-electron chi connectivity index (χ0n) is 15.6. The number of carbonyl (C=O) groups is 1. The van der Waals surface area contributed by atoms with Crippen molar-refractivity contribution < 1.29 is 9.53 Å². The zero-order valence-corrected chi connectivity index (χ0v) is 15.6. The molecular weight excluding hydrogens is 322 g/mol. The van der Waals surface area contributed by atoms with Crippen molar-refractivity contribution in [3.63, 3.8) is 0 Å². The number of ether oxygens (including phenoxy) is 1. The maximum Gasteiger partial charge on any atom is 0.321 e. The fraction of sp³-hybridized carbons (Fsp3) is 0.435. The summed E-state index contributed by atoms with van der Waals surface area (Å²) in [6, 6.07) is 20.5. The van der Waals surface area contributed by atoms with E-state index in [0.29, 0.717) is 12.0 Å². The van der Waals surface area contributed by atoms with Crippen LogP contribution in [-0.4, -0.2) is 36.6 Å². The monoisotopic (exact) mass is 349 g/mol. The molecule has 4 rings (SSSR count). The van der Waals surface area contributed by atoms with Crippen LogP contribution in [0.25, 0.3) is 0 Å². The SMILES string of the molecule is CN1CC2CC1C[C@@H](OC(=O)C(C)(c1ccccc1)c1ccccc1)C2. The molecule has 1 aliphatic carbocycles. The number of likely N-dealkylation sites (tertiary alicyclic amines) is 1. The Balaban J connectivity index is 1.61. The summed E-state index contributed by atoms with van der Waals surface area (Å²) in [5, 5.41) is 0. The first-order chi connectivity index (χ1) is 12.6. The van der Waals surface area contributed by atoms with Gasteiger partial charge in [0.25, 0.3) is 0 Å². The fourth-order valence-corrected chi connectivity index (χ4v) is 4.72. The molecule has 1 heterocycles. The Bertz CT molecular complexity index is 717. The van der Waals surface area contributed by atoms with Crippen LogP contribution >= 0.6 is 0 Å². The van der Waals surface area contributed by atoms with Crippen molar-refractivity contribution in [3.05, 3.63) is 71.8 Å². The van der Waals surface area contributed by atoms with Gasteiger partial charge in [-0.2, -0.15) is 0 Å². The molecule has 0 spiro atoms. The van der Waals surface area contributed by atoms with E-state index < -0.39 is 5.41 Å². The van der Waals surface area contributed by atoms with Crippen LogP contribution in [0.15, 0.2) is 60.7 Å². The van der Waals surface area contributed by atoms with Crippen molar-refractivity contribution in [1.82, 2.24) is 4.90 Å². The van der Waals surface area contributed by atoms with Crippen LogP contribution in [0.4, 0.5) is 0 Å². The third-order valence-corrected chi connectivity index (χ3v) is 6.29. The number of fused-ring (bicyclic) bond motifs is 2. The lowest BCUT2D eigenvalue weighted by Gasteiger charge is -2.33. The van der Waals surface area contributed by atoms with E-state index in [0.717, 1.165) is 30.5 Å². The van der Waals surface area contributed by atoms with E-state index in [-0.39, 0.29) is 12.1 Å². The van der Waals surface area contributed by atoms with Crippen LogP contribution in [0, 0.1) is 5.92 Å². The summed E-state index contributed by atoms with van der Waals surface area (Å²) in [5.41, 5.74) is 1.17. The van der Waals surface area contributed by atoms with Crippen molar-refractivity contribution in [2.45, 2.75) is 43.7 Å². The van der Waals surface area contributed by atoms with Crippen molar-refractivity contribution in [3.8, 4) is 0 Å². The predicted molar refractivity (Wildman–Crippen MR) is 103 cm³/mol. The first-order valence-corrected chi connectivity index (χ1v) is 9.59. The molecule has 0 amide bonds. The predicted octanol–water partition coefficient (Wildman–Crippen LogP) is 4.02. The average molecular weight is 349 g/mol. The van der Waals surface area contributed by atoms with Gasteiger partial charge in [-0.15, -0.1) is 0 Å². The molecule has 136 valence electrons. The van der Waals surface area contributed by atoms with Crippen LogP contribution in [0.3, 0.4) is 0 Å². The summed E-state index contributed by atoms with van der Waals surface area (Å²) in [6.45, 7) is 3.12. The van der Waals surface area contributed by atoms with Crippen LogP contribution in [0.5, 0.6) is 0 Å². The molecule has 3 nitrogen and oxygen atoms in total. The lowest BCUT2D eigenvalue weighted by atomic mass is 9.76. The number of benzene rings is 2. The molecule has 2 unspecified atom stereocenters. The van der Waals surface area contributed by atoms with Crippen LogP contribution in [0.1, 0.15) is 37.3 Å². The summed E-state index contributed by atoms with van der Waals surface area (Å²) in [4.78, 5) is 15.8. The molecule has 0 N–H and O–H groups in total. The maximum atomic E-state index is 13.4. The molecule has 2 bridgehead atoms. The van der Waals surface area contributed by atoms with E-state index in [4.69, 9.17) is 4.74 Å². The second-order valence-corrected chi connectivity index (χ2v) is 8.05. The van der Waals surface area contributed by atoms with Gasteiger partial charge in [0, 0.05) is 12.6 Å². The molecule has 1 aliphatic heterocycles. The Morgan fingerprint density at radius 2 is 1.54 bits per heavy atom. The van der Waals surface area contributed by atoms with Gasteiger partial charge >= 0.3 is 5.97 Å². The van der Waals surface area contributed by atoms with Gasteiger partial charge in [-0.1, -0.05) is 60.7 Å². The van der Waals surface area contributed by atoms with Gasteiger partial charge in [0.2, 0.25) is 0 Å². The summed E-state index contributed by atoms with van der Waals surface area (Å²) in [5.74, 6) is 0.528. The number of rotatable bonds is 4. The normalized spacial score (nSPS) is 25.8. The van der Waals surface area contributed by atoms with Crippen molar-refractivity contribution in [2.24, 2.45) is 5.92 Å². The summed E-state index contributed by atoms with van der Waals surface area (Å²) < 4.78 is 6.13. The molecule has 0 aromatic heterocycles. The molecule has 2 fully saturated rings. The summed E-state index contributed by atoms with van der Waals surface area (Å²) in [6.07, 6.45) is 3.23. The van der Waals surface area contributed by atoms with Crippen molar-refractivity contribution in [2.75, 3.05) is 13.6 Å². The van der Waals surface area contributed by atoms with Gasteiger partial charge in [-0.3, -0.25) is 4.79 Å². The van der Waals surface area contributed by atoms with E-state index in [1.54, 1.807) is 0 Å². The van der Waals surface area contributed by atoms with Gasteiger partial charge in [0.1, 0.15) is 11.5 Å². The Morgan fingerprint density at radius 3 is 2.08 bits per heavy atom. The van der Waals surface area contributed by atoms with E-state index >= 15 is 0 Å². The minimum atomic E-state index is -0.787. The van der Waals surface area contributed by atoms with Crippen LogP contribution < -0.4 is 0 Å². The van der Waals surface area contributed by atoms with Gasteiger partial charge in [0.05, 0.1) is 0 Å². The molecule has 2 aromatic carbocycles. The van der Waals surface area contributed by atoms with Gasteiger partial charge < -0.3 is 9.64 Å². The molecule has 2 aromatic rings. The van der Waals surface area contributed by atoms with Crippen molar-refractivity contribution in [1.29, 1.82) is 0 Å². The number of hydrogen-bond acceptors (Lipinski definition) is 3. The first kappa shape index (κ1) is 17.3. The van der Waals surface area contributed by atoms with Crippen LogP contribution in [0.2, 0.25) is 0 Å². The van der Waals surface area contributed by atoms with E-state index in [9.17, 15) is 4.79 Å². The maximum absolute atomic E-state index is 13.4. The Kier molecular flexibility index (Phi) is 4.58. The Morgan fingerprint density at radius 1 is 0.962 bits per heavy atom. The molecule has 1 saturated heterocycles. The number of carbonyl (C=O) groups excluding carboxylic acids is 1. The van der Waals surface area contributed by atoms with Gasteiger partial charge in [-0.05, 0) is 50.3 Å². The highest BCUT2D eigenvalue weighted by Gasteiger charge is 2.43. The topological polar surface area (TPSA) is 29.5 Å². The molecule has 26 heavy (non-hydrogen) atoms. The third kappa shape index (κ3) is 3.05. The largest absolute Gasteiger partial charge is 0.461 e. The van der Waals surface area contributed by atoms with Gasteiger partial charge in [-0.25, -0.2) is 0 Å². The van der Waals surface area contributed by atoms with Crippen molar-refractivity contribution >= 4 is 5.97 Å². The number of esters is 1. The number of nitrogens with zero attached hydrogens (tertiary/aromatic N) is 1. The van der Waals surface area contributed by atoms with Gasteiger partial charge in [0.15, 0.2) is 0 Å². The lowest BCUT2D eigenvalue weighted by Crippen LogP contribution is -2.40. The summed E-state index contributed by atoms with van der Waals surface area (Å²) in [7, 11) is 2.19. The van der Waals surface area contributed by atoms with E-state index in [1.807, 2.05) is 67.6 Å². The standard InChI is InChI=1S/C23H27NO2/c1-23(18-9-5-3-6-10-18,19-11-7-4-8-12-19)22(25)26-21-14-17-13-20(15-21)24(2)16-17/h3-12,17,20-21H,13-16H2,1-2H3/t17?,20?,21-/m0/s1. The second-order valence-electron chi connectivity index (χ2n) is 8.05. The molecule has 0 radical (unpaired) electrons. The second kappa shape index (κ2) is 6.88. The molecular formula is C23H27NO2. The fourth-order valence-electron chi connectivity index (χ4n) is 4.72. The highest BCUT2D eigenvalue weighted by Crippen LogP contribution is 2.38. The average Bonchev–Trinajstić information content (AvgIpc) is 2.94. The Hall–Kier alpha value is -2.13. The minimum absolute atomic E-state index is 0.0305. The minimum Gasteiger partial charge on any atom is -0.461 e. The number of hydrogen-bond donors (Lipinski definition) is 0. The van der Waals surface area contributed by atoms with E-state index in [1.165, 1.54) is 6.42 Å². The highest BCUT2D eigenvalue weighted by molar-refractivity contribution is 5.87. The molecule has 3 heteroatoms. The Labute approximate surface area is 156 Å². The first-order valence-electron chi connectivity index (χ1n) is 9.59. The third-order valence-electron chi connectivity index (χ3n) is 6.29. The lowest BCUT2D eigenvalue weighted by molar-refractivity contribution is -0.156. The highest BCUT2D eigenvalue weighted by atomic mass is 16.5. The molecule has 1 saturated carbocycles. The quantitative estimate of drug-likeness (QED) is 0.781. The molecule has 3 atom stereocenters. The zero-order chi connectivity index (χ0) is 18.1. The van der Waals surface area contributed by atoms with Crippen LogP contribution in [-0.2, 0) is 14.9 Å². The molecule has 2 aliphatic rings. The smallest absolute Gasteiger partial charge is 0.321 e.